The first-order chi connectivity index (χ1) is 12.8. The zero-order valence-electron chi connectivity index (χ0n) is 14.5. The van der Waals surface area contributed by atoms with Gasteiger partial charge in [0.25, 0.3) is 5.89 Å². The van der Waals surface area contributed by atoms with E-state index >= 15 is 0 Å². The third-order valence-electron chi connectivity index (χ3n) is 5.35. The fourth-order valence-electron chi connectivity index (χ4n) is 3.96. The van der Waals surface area contributed by atoms with Gasteiger partial charge < -0.3 is 13.9 Å². The van der Waals surface area contributed by atoms with Gasteiger partial charge in [0.05, 0.1) is 12.0 Å². The minimum absolute atomic E-state index is 0.0383. The summed E-state index contributed by atoms with van der Waals surface area (Å²) in [5.74, 6) is 2.35. The van der Waals surface area contributed by atoms with Crippen molar-refractivity contribution in [3.63, 3.8) is 0 Å². The van der Waals surface area contributed by atoms with Crippen LogP contribution in [0.25, 0.3) is 0 Å². The smallest absolute Gasteiger partial charge is 0.257 e. The molecular formula is C21H20N2O3. The zero-order valence-corrected chi connectivity index (χ0v) is 14.5. The Labute approximate surface area is 152 Å². The molecule has 1 saturated heterocycles. The lowest BCUT2D eigenvalue weighted by Crippen LogP contribution is -2.08. The van der Waals surface area contributed by atoms with Crippen molar-refractivity contribution < 1.29 is 13.9 Å². The van der Waals surface area contributed by atoms with Gasteiger partial charge in [0.1, 0.15) is 5.75 Å². The van der Waals surface area contributed by atoms with Crippen LogP contribution in [0.4, 0.5) is 0 Å². The van der Waals surface area contributed by atoms with Crippen molar-refractivity contribution in [3.8, 4) is 5.75 Å². The van der Waals surface area contributed by atoms with E-state index in [2.05, 4.69) is 35.3 Å². The molecule has 0 amide bonds. The predicted octanol–water partition coefficient (Wildman–Crippen LogP) is 4.55. The van der Waals surface area contributed by atoms with Gasteiger partial charge in [-0.25, -0.2) is 0 Å². The third kappa shape index (κ3) is 2.51. The molecule has 1 fully saturated rings. The summed E-state index contributed by atoms with van der Waals surface area (Å²) in [6.07, 6.45) is 0.609. The molecule has 3 aromatic rings. The zero-order chi connectivity index (χ0) is 17.5. The van der Waals surface area contributed by atoms with Crippen LogP contribution in [0.3, 0.4) is 0 Å². The fourth-order valence-corrected chi connectivity index (χ4v) is 3.96. The number of rotatable bonds is 3. The second-order valence-corrected chi connectivity index (χ2v) is 6.94. The lowest BCUT2D eigenvalue weighted by atomic mass is 9.95. The Kier molecular flexibility index (Phi) is 3.75. The SMILES string of the molecule is C[C@@H]1c2ccccc2O[C@@H]1c1nnc([C@H]2CCO[C@@H]2c2ccccc2)o1. The van der Waals surface area contributed by atoms with Gasteiger partial charge in [0.2, 0.25) is 5.89 Å². The van der Waals surface area contributed by atoms with Crippen LogP contribution in [-0.2, 0) is 4.74 Å². The van der Waals surface area contributed by atoms with Gasteiger partial charge in [0, 0.05) is 18.1 Å². The molecule has 1 aromatic heterocycles. The molecule has 0 unspecified atom stereocenters. The van der Waals surface area contributed by atoms with E-state index in [0.29, 0.717) is 18.4 Å². The standard InChI is InChI=1S/C21H20N2O3/c1-13-15-9-5-6-10-17(15)25-18(13)21-23-22-20(26-21)16-11-12-24-19(16)14-7-3-2-4-8-14/h2-10,13,16,18-19H,11-12H2,1H3/t13-,16+,18+,19-/m1/s1. The Morgan fingerprint density at radius 2 is 1.65 bits per heavy atom. The highest BCUT2D eigenvalue weighted by Crippen LogP contribution is 2.46. The maximum Gasteiger partial charge on any atom is 0.257 e. The minimum atomic E-state index is -0.230. The number of para-hydroxylation sites is 1. The highest BCUT2D eigenvalue weighted by molar-refractivity contribution is 5.41. The molecule has 5 rings (SSSR count). The van der Waals surface area contributed by atoms with Crippen molar-refractivity contribution in [1.29, 1.82) is 0 Å². The largest absolute Gasteiger partial charge is 0.480 e. The summed E-state index contributed by atoms with van der Waals surface area (Å²) in [5, 5.41) is 8.65. The van der Waals surface area contributed by atoms with E-state index in [1.165, 1.54) is 5.56 Å². The van der Waals surface area contributed by atoms with Gasteiger partial charge in [-0.2, -0.15) is 0 Å². The van der Waals surface area contributed by atoms with Crippen LogP contribution >= 0.6 is 0 Å². The monoisotopic (exact) mass is 348 g/mol. The molecule has 3 heterocycles. The second-order valence-electron chi connectivity index (χ2n) is 6.94. The van der Waals surface area contributed by atoms with Crippen LogP contribution in [0.2, 0.25) is 0 Å². The van der Waals surface area contributed by atoms with Crippen molar-refractivity contribution in [2.75, 3.05) is 6.61 Å². The van der Waals surface area contributed by atoms with Gasteiger partial charge in [-0.05, 0) is 18.1 Å². The van der Waals surface area contributed by atoms with Gasteiger partial charge in [-0.15, -0.1) is 10.2 Å². The molecule has 132 valence electrons. The second kappa shape index (κ2) is 6.25. The van der Waals surface area contributed by atoms with Gasteiger partial charge >= 0.3 is 0 Å². The van der Waals surface area contributed by atoms with E-state index in [1.54, 1.807) is 0 Å². The average Bonchev–Trinajstić information content (AvgIpc) is 3.41. The van der Waals surface area contributed by atoms with E-state index in [0.717, 1.165) is 17.7 Å². The molecular weight excluding hydrogens is 328 g/mol. The Hall–Kier alpha value is -2.66. The first kappa shape index (κ1) is 15.6. The van der Waals surface area contributed by atoms with Crippen molar-refractivity contribution >= 4 is 0 Å². The highest BCUT2D eigenvalue weighted by atomic mass is 16.5. The normalized spacial score (nSPS) is 27.3. The Morgan fingerprint density at radius 1 is 0.885 bits per heavy atom. The van der Waals surface area contributed by atoms with Gasteiger partial charge in [0.15, 0.2) is 6.10 Å². The number of nitrogens with zero attached hydrogens (tertiary/aromatic N) is 2. The summed E-state index contributed by atoms with van der Waals surface area (Å²) in [5.41, 5.74) is 2.33. The summed E-state index contributed by atoms with van der Waals surface area (Å²) in [7, 11) is 0. The molecule has 5 nitrogen and oxygen atoms in total. The molecule has 26 heavy (non-hydrogen) atoms. The molecule has 2 aliphatic rings. The average molecular weight is 348 g/mol. The van der Waals surface area contributed by atoms with Crippen molar-refractivity contribution in [1.82, 2.24) is 10.2 Å². The number of hydrogen-bond acceptors (Lipinski definition) is 5. The predicted molar refractivity (Wildman–Crippen MR) is 95.0 cm³/mol. The Morgan fingerprint density at radius 3 is 2.50 bits per heavy atom. The summed E-state index contributed by atoms with van der Waals surface area (Å²) >= 11 is 0. The van der Waals surface area contributed by atoms with E-state index < -0.39 is 0 Å². The summed E-state index contributed by atoms with van der Waals surface area (Å²) in [6.45, 7) is 2.83. The molecule has 2 aromatic carbocycles. The van der Waals surface area contributed by atoms with Crippen molar-refractivity contribution in [2.24, 2.45) is 0 Å². The number of aromatic nitrogens is 2. The highest BCUT2D eigenvalue weighted by Gasteiger charge is 2.39. The lowest BCUT2D eigenvalue weighted by molar-refractivity contribution is 0.0985. The van der Waals surface area contributed by atoms with Crippen LogP contribution in [0.5, 0.6) is 5.75 Å². The van der Waals surface area contributed by atoms with Gasteiger partial charge in [-0.1, -0.05) is 55.5 Å². The van der Waals surface area contributed by atoms with Crippen LogP contribution in [-0.4, -0.2) is 16.8 Å². The summed E-state index contributed by atoms with van der Waals surface area (Å²) in [6, 6.07) is 18.3. The van der Waals surface area contributed by atoms with Crippen LogP contribution < -0.4 is 4.74 Å². The third-order valence-corrected chi connectivity index (χ3v) is 5.35. The first-order valence-electron chi connectivity index (χ1n) is 9.06. The van der Waals surface area contributed by atoms with E-state index in [-0.39, 0.29) is 24.0 Å². The van der Waals surface area contributed by atoms with Crippen LogP contribution in [0.15, 0.2) is 59.0 Å². The Bertz CT molecular complexity index is 908. The molecule has 2 aliphatic heterocycles. The quantitative estimate of drug-likeness (QED) is 0.695. The molecule has 0 saturated carbocycles. The molecule has 4 atom stereocenters. The van der Waals surface area contributed by atoms with Crippen molar-refractivity contribution in [2.45, 2.75) is 37.4 Å². The number of fused-ring (bicyclic) bond motifs is 1. The number of benzene rings is 2. The van der Waals surface area contributed by atoms with E-state index in [4.69, 9.17) is 13.9 Å². The molecule has 0 bridgehead atoms. The molecule has 0 radical (unpaired) electrons. The first-order valence-corrected chi connectivity index (χ1v) is 9.06. The fraction of sp³-hybridized carbons (Fsp3) is 0.333. The summed E-state index contributed by atoms with van der Waals surface area (Å²) < 4.78 is 18.1. The minimum Gasteiger partial charge on any atom is -0.480 e. The maximum absolute atomic E-state index is 6.08. The molecule has 0 spiro atoms. The summed E-state index contributed by atoms with van der Waals surface area (Å²) in [4.78, 5) is 0. The van der Waals surface area contributed by atoms with Crippen molar-refractivity contribution in [3.05, 3.63) is 77.5 Å². The molecule has 5 heteroatoms. The Balaban J connectivity index is 1.41. The van der Waals surface area contributed by atoms with Crippen LogP contribution in [0, 0.1) is 0 Å². The van der Waals surface area contributed by atoms with Gasteiger partial charge in [-0.3, -0.25) is 0 Å². The number of hydrogen-bond donors (Lipinski definition) is 0. The molecule has 0 aliphatic carbocycles. The van der Waals surface area contributed by atoms with E-state index in [1.807, 2.05) is 36.4 Å². The number of ether oxygens (including phenoxy) is 2. The lowest BCUT2D eigenvalue weighted by Gasteiger charge is -2.16. The van der Waals surface area contributed by atoms with Crippen LogP contribution in [0.1, 0.15) is 60.3 Å². The maximum atomic E-state index is 6.08. The molecule has 0 N–H and O–H groups in total. The topological polar surface area (TPSA) is 57.4 Å². The van der Waals surface area contributed by atoms with E-state index in [9.17, 15) is 0 Å².